The summed E-state index contributed by atoms with van der Waals surface area (Å²) < 4.78 is 1.89. The van der Waals surface area contributed by atoms with Crippen LogP contribution in [0.25, 0.3) is 0 Å². The molecule has 0 fully saturated rings. The van der Waals surface area contributed by atoms with Crippen LogP contribution in [0.15, 0.2) is 6.20 Å². The number of aromatic nitrogens is 3. The zero-order valence-electron chi connectivity index (χ0n) is 9.70. The highest BCUT2D eigenvalue weighted by atomic mass is 15.4. The second-order valence-electron chi connectivity index (χ2n) is 4.86. The van der Waals surface area contributed by atoms with Gasteiger partial charge < -0.3 is 5.32 Å². The van der Waals surface area contributed by atoms with Crippen molar-refractivity contribution in [3.8, 4) is 0 Å². The van der Waals surface area contributed by atoms with Gasteiger partial charge in [0.2, 0.25) is 0 Å². The van der Waals surface area contributed by atoms with Crippen LogP contribution in [0.3, 0.4) is 0 Å². The van der Waals surface area contributed by atoms with E-state index in [1.807, 2.05) is 10.9 Å². The smallest absolute Gasteiger partial charge is 0.0965 e. The first-order valence-electron chi connectivity index (χ1n) is 5.04. The molecule has 0 spiro atoms. The fourth-order valence-electron chi connectivity index (χ4n) is 1.02. The van der Waals surface area contributed by atoms with Crippen molar-refractivity contribution in [1.82, 2.24) is 20.3 Å². The first-order chi connectivity index (χ1) is 6.39. The third-order valence-corrected chi connectivity index (χ3v) is 1.92. The highest BCUT2D eigenvalue weighted by molar-refractivity contribution is 4.94. The van der Waals surface area contributed by atoms with Crippen LogP contribution in [-0.2, 0) is 12.1 Å². The summed E-state index contributed by atoms with van der Waals surface area (Å²) in [5.41, 5.74) is 1.01. The van der Waals surface area contributed by atoms with Gasteiger partial charge in [-0.3, -0.25) is 0 Å². The minimum atomic E-state index is 0.0169. The summed E-state index contributed by atoms with van der Waals surface area (Å²) >= 11 is 0. The molecule has 0 saturated heterocycles. The molecule has 1 aromatic rings. The Hall–Kier alpha value is -0.900. The lowest BCUT2D eigenvalue weighted by molar-refractivity contribution is 0.347. The molecule has 0 atom stereocenters. The van der Waals surface area contributed by atoms with Gasteiger partial charge in [-0.2, -0.15) is 0 Å². The van der Waals surface area contributed by atoms with E-state index in [-0.39, 0.29) is 5.54 Å². The fraction of sp³-hybridized carbons (Fsp3) is 0.800. The molecule has 0 unspecified atom stereocenters. The maximum absolute atomic E-state index is 4.11. The minimum Gasteiger partial charge on any atom is -0.309 e. The van der Waals surface area contributed by atoms with Gasteiger partial charge in [-0.1, -0.05) is 19.1 Å². The molecular formula is C10H20N4. The molecule has 0 bridgehead atoms. The summed E-state index contributed by atoms with van der Waals surface area (Å²) in [6.45, 7) is 11.4. The normalized spacial score (nSPS) is 12.4. The summed E-state index contributed by atoms with van der Waals surface area (Å²) in [5.74, 6) is 0. The predicted octanol–water partition coefficient (Wildman–Crippen LogP) is 1.53. The molecule has 1 N–H and O–H groups in total. The molecule has 0 saturated carbocycles. The highest BCUT2D eigenvalue weighted by Gasteiger charge is 2.14. The number of nitrogens with one attached hydrogen (secondary N) is 1. The minimum absolute atomic E-state index is 0.0169. The lowest BCUT2D eigenvalue weighted by Gasteiger charge is -2.17. The van der Waals surface area contributed by atoms with E-state index in [0.29, 0.717) is 6.04 Å². The van der Waals surface area contributed by atoms with Gasteiger partial charge in [-0.15, -0.1) is 5.10 Å². The Labute approximate surface area is 85.7 Å². The SMILES string of the molecule is CC(C)NCc1cn(C(C)(C)C)nn1. The molecule has 80 valence electrons. The van der Waals surface area contributed by atoms with E-state index >= 15 is 0 Å². The van der Waals surface area contributed by atoms with Gasteiger partial charge in [-0.25, -0.2) is 4.68 Å². The summed E-state index contributed by atoms with van der Waals surface area (Å²) in [6, 6.07) is 0.481. The largest absolute Gasteiger partial charge is 0.309 e. The van der Waals surface area contributed by atoms with Crippen molar-refractivity contribution in [2.75, 3.05) is 0 Å². The zero-order valence-corrected chi connectivity index (χ0v) is 9.70. The summed E-state index contributed by atoms with van der Waals surface area (Å²) in [6.07, 6.45) is 2.00. The van der Waals surface area contributed by atoms with E-state index in [9.17, 15) is 0 Å². The van der Waals surface area contributed by atoms with Crippen molar-refractivity contribution in [2.45, 2.75) is 52.7 Å². The molecule has 1 rings (SSSR count). The van der Waals surface area contributed by atoms with Crippen LogP contribution in [0.5, 0.6) is 0 Å². The number of hydrogen-bond donors (Lipinski definition) is 1. The van der Waals surface area contributed by atoms with Crippen LogP contribution in [-0.4, -0.2) is 21.0 Å². The Morgan fingerprint density at radius 3 is 2.50 bits per heavy atom. The average Bonchev–Trinajstić information content (AvgIpc) is 2.47. The number of nitrogens with zero attached hydrogens (tertiary/aromatic N) is 3. The van der Waals surface area contributed by atoms with Crippen LogP contribution in [0.4, 0.5) is 0 Å². The molecular weight excluding hydrogens is 176 g/mol. The standard InChI is InChI=1S/C10H20N4/c1-8(2)11-6-9-7-14(13-12-9)10(3,4)5/h7-8,11H,6H2,1-5H3. The van der Waals surface area contributed by atoms with E-state index in [2.05, 4.69) is 50.2 Å². The summed E-state index contributed by atoms with van der Waals surface area (Å²) in [5, 5.41) is 11.5. The van der Waals surface area contributed by atoms with Crippen molar-refractivity contribution in [3.05, 3.63) is 11.9 Å². The Bertz CT molecular complexity index is 283. The van der Waals surface area contributed by atoms with Gasteiger partial charge in [0.15, 0.2) is 0 Å². The van der Waals surface area contributed by atoms with E-state index in [1.54, 1.807) is 0 Å². The molecule has 4 nitrogen and oxygen atoms in total. The Kier molecular flexibility index (Phi) is 3.26. The van der Waals surface area contributed by atoms with Crippen molar-refractivity contribution < 1.29 is 0 Å². The lowest BCUT2D eigenvalue weighted by atomic mass is 10.1. The maximum Gasteiger partial charge on any atom is 0.0965 e. The van der Waals surface area contributed by atoms with Gasteiger partial charge in [0.1, 0.15) is 0 Å². The van der Waals surface area contributed by atoms with Gasteiger partial charge in [0.25, 0.3) is 0 Å². The highest BCUT2D eigenvalue weighted by Crippen LogP contribution is 2.11. The Morgan fingerprint density at radius 2 is 2.07 bits per heavy atom. The first kappa shape index (κ1) is 11.2. The van der Waals surface area contributed by atoms with Crippen molar-refractivity contribution in [2.24, 2.45) is 0 Å². The second-order valence-corrected chi connectivity index (χ2v) is 4.86. The van der Waals surface area contributed by atoms with Gasteiger partial charge in [0, 0.05) is 12.6 Å². The molecule has 0 aliphatic carbocycles. The van der Waals surface area contributed by atoms with Crippen LogP contribution in [0.1, 0.15) is 40.3 Å². The monoisotopic (exact) mass is 196 g/mol. The topological polar surface area (TPSA) is 42.7 Å². The van der Waals surface area contributed by atoms with E-state index in [1.165, 1.54) is 0 Å². The molecule has 1 heterocycles. The third-order valence-electron chi connectivity index (χ3n) is 1.92. The molecule has 14 heavy (non-hydrogen) atoms. The molecule has 0 amide bonds. The zero-order chi connectivity index (χ0) is 10.8. The van der Waals surface area contributed by atoms with Crippen molar-refractivity contribution >= 4 is 0 Å². The third kappa shape index (κ3) is 3.10. The molecule has 1 aromatic heterocycles. The summed E-state index contributed by atoms with van der Waals surface area (Å²) in [4.78, 5) is 0. The fourth-order valence-corrected chi connectivity index (χ4v) is 1.02. The van der Waals surface area contributed by atoms with Gasteiger partial charge >= 0.3 is 0 Å². The molecule has 0 aliphatic rings. The number of rotatable bonds is 3. The van der Waals surface area contributed by atoms with E-state index < -0.39 is 0 Å². The van der Waals surface area contributed by atoms with E-state index in [4.69, 9.17) is 0 Å². The van der Waals surface area contributed by atoms with Gasteiger partial charge in [-0.05, 0) is 20.8 Å². The molecule has 0 radical (unpaired) electrons. The Balaban J connectivity index is 2.60. The summed E-state index contributed by atoms with van der Waals surface area (Å²) in [7, 11) is 0. The van der Waals surface area contributed by atoms with Crippen LogP contribution >= 0.6 is 0 Å². The predicted molar refractivity (Wildman–Crippen MR) is 57.0 cm³/mol. The van der Waals surface area contributed by atoms with Crippen LogP contribution in [0.2, 0.25) is 0 Å². The maximum atomic E-state index is 4.11. The van der Waals surface area contributed by atoms with Crippen LogP contribution in [0, 0.1) is 0 Å². The average molecular weight is 196 g/mol. The van der Waals surface area contributed by atoms with Crippen molar-refractivity contribution in [3.63, 3.8) is 0 Å². The quantitative estimate of drug-likeness (QED) is 0.797. The first-order valence-corrected chi connectivity index (χ1v) is 5.04. The van der Waals surface area contributed by atoms with Crippen LogP contribution < -0.4 is 5.32 Å². The van der Waals surface area contributed by atoms with Crippen molar-refractivity contribution in [1.29, 1.82) is 0 Å². The van der Waals surface area contributed by atoms with E-state index in [0.717, 1.165) is 12.2 Å². The van der Waals surface area contributed by atoms with Gasteiger partial charge in [0.05, 0.1) is 17.4 Å². The molecule has 0 aromatic carbocycles. The lowest BCUT2D eigenvalue weighted by Crippen LogP contribution is -2.23. The number of hydrogen-bond acceptors (Lipinski definition) is 3. The second kappa shape index (κ2) is 4.09. The molecule has 4 heteroatoms. The molecule has 0 aliphatic heterocycles. The Morgan fingerprint density at radius 1 is 1.43 bits per heavy atom.